The minimum atomic E-state index is -0.911. The molecule has 5 nitrogen and oxygen atoms in total. The van der Waals surface area contributed by atoms with Gasteiger partial charge in [-0.25, -0.2) is 9.18 Å². The van der Waals surface area contributed by atoms with E-state index in [0.717, 1.165) is 0 Å². The molecule has 1 aromatic carbocycles. The van der Waals surface area contributed by atoms with Crippen LogP contribution >= 0.6 is 0 Å². The zero-order chi connectivity index (χ0) is 20.1. The first-order valence-electron chi connectivity index (χ1n) is 8.97. The molecule has 0 fully saturated rings. The van der Waals surface area contributed by atoms with Crippen molar-refractivity contribution in [1.29, 1.82) is 0 Å². The molecule has 0 radical (unpaired) electrons. The number of carbonyl (C=O) groups excluding carboxylic acids is 2. The number of hydrogen-bond acceptors (Lipinski definition) is 3. The average molecular weight is 366 g/mol. The second kappa shape index (κ2) is 9.01. The molecule has 1 atom stereocenters. The van der Waals surface area contributed by atoms with E-state index in [0.29, 0.717) is 5.56 Å². The molecule has 0 saturated heterocycles. The molecule has 0 spiro atoms. The molecule has 0 aliphatic heterocycles. The molecule has 0 saturated carbocycles. The minimum Gasteiger partial charge on any atom is -0.444 e. The SMILES string of the molecule is CC(C)N(C(=O)C(Cc1ccccc1F)NC(=O)OC(C)(C)C)C(C)C. The number of nitrogens with zero attached hydrogens (tertiary/aromatic N) is 1. The minimum absolute atomic E-state index is 0.0499. The Morgan fingerprint density at radius 1 is 1.12 bits per heavy atom. The summed E-state index contributed by atoms with van der Waals surface area (Å²) in [6.07, 6.45) is -0.639. The predicted octanol–water partition coefficient (Wildman–Crippen LogP) is 3.91. The van der Waals surface area contributed by atoms with Crippen LogP contribution in [0.1, 0.15) is 54.0 Å². The van der Waals surface area contributed by atoms with Gasteiger partial charge < -0.3 is 15.0 Å². The lowest BCUT2D eigenvalue weighted by atomic mass is 10.0. The number of halogens is 1. The number of alkyl carbamates (subject to hydrolysis) is 1. The second-order valence-electron chi connectivity index (χ2n) is 7.93. The van der Waals surface area contributed by atoms with Gasteiger partial charge in [-0.15, -0.1) is 0 Å². The van der Waals surface area contributed by atoms with E-state index in [2.05, 4.69) is 5.32 Å². The zero-order valence-electron chi connectivity index (χ0n) is 16.8. The second-order valence-corrected chi connectivity index (χ2v) is 7.93. The number of rotatable bonds is 6. The Morgan fingerprint density at radius 3 is 2.12 bits per heavy atom. The maximum atomic E-state index is 14.1. The normalized spacial score (nSPS) is 12.8. The first-order chi connectivity index (χ1) is 11.9. The highest BCUT2D eigenvalue weighted by Gasteiger charge is 2.31. The van der Waals surface area contributed by atoms with Crippen molar-refractivity contribution in [3.63, 3.8) is 0 Å². The topological polar surface area (TPSA) is 58.6 Å². The maximum absolute atomic E-state index is 14.1. The number of carbonyl (C=O) groups is 2. The first kappa shape index (κ1) is 21.9. The summed E-state index contributed by atoms with van der Waals surface area (Å²) in [4.78, 5) is 27.0. The van der Waals surface area contributed by atoms with Gasteiger partial charge in [0.25, 0.3) is 0 Å². The summed E-state index contributed by atoms with van der Waals surface area (Å²) in [5, 5.41) is 2.62. The van der Waals surface area contributed by atoms with Gasteiger partial charge in [-0.3, -0.25) is 4.79 Å². The van der Waals surface area contributed by atoms with Crippen LogP contribution in [0.2, 0.25) is 0 Å². The molecule has 2 amide bonds. The molecular weight excluding hydrogens is 335 g/mol. The van der Waals surface area contributed by atoms with Gasteiger partial charge in [0, 0.05) is 18.5 Å². The standard InChI is InChI=1S/C20H31FN2O3/c1-13(2)23(14(3)4)18(24)17(22-19(25)26-20(5,6)7)12-15-10-8-9-11-16(15)21/h8-11,13-14,17H,12H2,1-7H3,(H,22,25). The lowest BCUT2D eigenvalue weighted by molar-refractivity contribution is -0.137. The largest absolute Gasteiger partial charge is 0.444 e. The van der Waals surface area contributed by atoms with E-state index in [9.17, 15) is 14.0 Å². The van der Waals surface area contributed by atoms with Crippen LogP contribution < -0.4 is 5.32 Å². The smallest absolute Gasteiger partial charge is 0.408 e. The van der Waals surface area contributed by atoms with E-state index in [1.54, 1.807) is 43.9 Å². The third kappa shape index (κ3) is 6.65. The van der Waals surface area contributed by atoms with Crippen LogP contribution in [0.15, 0.2) is 24.3 Å². The summed E-state index contributed by atoms with van der Waals surface area (Å²) in [7, 11) is 0. The third-order valence-electron chi connectivity index (χ3n) is 3.74. The Balaban J connectivity index is 3.10. The van der Waals surface area contributed by atoms with Gasteiger partial charge in [-0.2, -0.15) is 0 Å². The van der Waals surface area contributed by atoms with Crippen LogP contribution in [0.5, 0.6) is 0 Å². The van der Waals surface area contributed by atoms with E-state index in [1.165, 1.54) is 6.07 Å². The number of benzene rings is 1. The molecule has 0 bridgehead atoms. The molecule has 26 heavy (non-hydrogen) atoms. The van der Waals surface area contributed by atoms with Gasteiger partial charge in [0.1, 0.15) is 17.5 Å². The van der Waals surface area contributed by atoms with Gasteiger partial charge in [-0.1, -0.05) is 18.2 Å². The molecule has 1 aromatic rings. The fourth-order valence-electron chi connectivity index (χ4n) is 2.82. The molecular formula is C20H31FN2O3. The highest BCUT2D eigenvalue weighted by atomic mass is 19.1. The Labute approximate surface area is 155 Å². The number of nitrogens with one attached hydrogen (secondary N) is 1. The molecule has 146 valence electrons. The average Bonchev–Trinajstić information content (AvgIpc) is 2.45. The van der Waals surface area contributed by atoms with Crippen LogP contribution in [0.3, 0.4) is 0 Å². The van der Waals surface area contributed by atoms with Crippen molar-refractivity contribution in [2.75, 3.05) is 0 Å². The van der Waals surface area contributed by atoms with Gasteiger partial charge in [0.05, 0.1) is 0 Å². The van der Waals surface area contributed by atoms with Crippen molar-refractivity contribution in [1.82, 2.24) is 10.2 Å². The molecule has 0 aliphatic rings. The summed E-state index contributed by atoms with van der Waals surface area (Å²) >= 11 is 0. The monoisotopic (exact) mass is 366 g/mol. The Bertz CT molecular complexity index is 616. The fraction of sp³-hybridized carbons (Fsp3) is 0.600. The summed E-state index contributed by atoms with van der Waals surface area (Å²) < 4.78 is 19.3. The fourth-order valence-corrected chi connectivity index (χ4v) is 2.82. The highest BCUT2D eigenvalue weighted by Crippen LogP contribution is 2.15. The highest BCUT2D eigenvalue weighted by molar-refractivity contribution is 5.86. The molecule has 0 aliphatic carbocycles. The van der Waals surface area contributed by atoms with E-state index >= 15 is 0 Å². The molecule has 1 N–H and O–H groups in total. The van der Waals surface area contributed by atoms with Gasteiger partial charge in [0.2, 0.25) is 5.91 Å². The van der Waals surface area contributed by atoms with Crippen LogP contribution in [-0.2, 0) is 16.0 Å². The van der Waals surface area contributed by atoms with Crippen molar-refractivity contribution in [3.8, 4) is 0 Å². The molecule has 6 heteroatoms. The van der Waals surface area contributed by atoms with Crippen molar-refractivity contribution in [2.45, 2.75) is 78.6 Å². The van der Waals surface area contributed by atoms with Crippen molar-refractivity contribution in [3.05, 3.63) is 35.6 Å². The Kier molecular flexibility index (Phi) is 7.60. The summed E-state index contributed by atoms with van der Waals surface area (Å²) in [6, 6.07) is 5.24. The van der Waals surface area contributed by atoms with Crippen LogP contribution in [0.25, 0.3) is 0 Å². The van der Waals surface area contributed by atoms with Crippen molar-refractivity contribution in [2.24, 2.45) is 0 Å². The maximum Gasteiger partial charge on any atom is 0.408 e. The van der Waals surface area contributed by atoms with Gasteiger partial charge in [-0.05, 0) is 60.1 Å². The van der Waals surface area contributed by atoms with E-state index in [4.69, 9.17) is 4.74 Å². The molecule has 1 rings (SSSR count). The molecule has 1 unspecified atom stereocenters. The molecule has 0 aromatic heterocycles. The first-order valence-corrected chi connectivity index (χ1v) is 8.97. The van der Waals surface area contributed by atoms with Crippen LogP contribution in [-0.4, -0.2) is 40.6 Å². The van der Waals surface area contributed by atoms with Crippen LogP contribution in [0, 0.1) is 5.82 Å². The lowest BCUT2D eigenvalue weighted by Crippen LogP contribution is -2.54. The van der Waals surface area contributed by atoms with E-state index < -0.39 is 23.6 Å². The number of ether oxygens (including phenoxy) is 1. The van der Waals surface area contributed by atoms with Gasteiger partial charge >= 0.3 is 6.09 Å². The number of hydrogen-bond donors (Lipinski definition) is 1. The van der Waals surface area contributed by atoms with Crippen molar-refractivity contribution < 1.29 is 18.7 Å². The summed E-state index contributed by atoms with van der Waals surface area (Å²) in [5.74, 6) is -0.666. The predicted molar refractivity (Wildman–Crippen MR) is 100 cm³/mol. The molecule has 0 heterocycles. The van der Waals surface area contributed by atoms with Crippen LogP contribution in [0.4, 0.5) is 9.18 Å². The Hall–Kier alpha value is -2.11. The third-order valence-corrected chi connectivity index (χ3v) is 3.74. The summed E-state index contributed by atoms with van der Waals surface area (Å²) in [6.45, 7) is 12.9. The lowest BCUT2D eigenvalue weighted by Gasteiger charge is -2.34. The van der Waals surface area contributed by atoms with E-state index in [-0.39, 0.29) is 24.4 Å². The van der Waals surface area contributed by atoms with Gasteiger partial charge in [0.15, 0.2) is 0 Å². The quantitative estimate of drug-likeness (QED) is 0.830. The Morgan fingerprint density at radius 2 is 1.65 bits per heavy atom. The van der Waals surface area contributed by atoms with E-state index in [1.807, 2.05) is 27.7 Å². The summed E-state index contributed by atoms with van der Waals surface area (Å²) in [5.41, 5.74) is -0.319. The number of amides is 2. The van der Waals surface area contributed by atoms with Crippen molar-refractivity contribution >= 4 is 12.0 Å². The zero-order valence-corrected chi connectivity index (χ0v) is 16.8.